The van der Waals surface area contributed by atoms with Crippen LogP contribution in [0.5, 0.6) is 5.75 Å². The van der Waals surface area contributed by atoms with Gasteiger partial charge in [-0.1, -0.05) is 18.2 Å². The highest BCUT2D eigenvalue weighted by Crippen LogP contribution is 2.43. The number of aliphatic hydroxyl groups is 1. The van der Waals surface area contributed by atoms with Crippen LogP contribution in [0.15, 0.2) is 24.3 Å². The summed E-state index contributed by atoms with van der Waals surface area (Å²) in [6, 6.07) is 8.04. The molecule has 2 saturated heterocycles. The molecule has 1 aromatic rings. The first-order valence-corrected chi connectivity index (χ1v) is 8.72. The van der Waals surface area contributed by atoms with Crippen LogP contribution in [0.25, 0.3) is 0 Å². The summed E-state index contributed by atoms with van der Waals surface area (Å²) in [7, 11) is 3.09. The average molecular weight is 333 g/mol. The van der Waals surface area contributed by atoms with Crippen molar-refractivity contribution >= 4 is 5.97 Å². The fraction of sp³-hybridized carbons (Fsp3) is 0.632. The summed E-state index contributed by atoms with van der Waals surface area (Å²) in [6.07, 6.45) is 3.84. The van der Waals surface area contributed by atoms with Crippen molar-refractivity contribution in [3.8, 4) is 5.75 Å². The van der Waals surface area contributed by atoms with E-state index in [1.807, 2.05) is 24.3 Å². The Hall–Kier alpha value is -1.59. The smallest absolute Gasteiger partial charge is 0.305 e. The van der Waals surface area contributed by atoms with Gasteiger partial charge in [-0.05, 0) is 44.2 Å². The van der Waals surface area contributed by atoms with Gasteiger partial charge >= 0.3 is 5.97 Å². The van der Waals surface area contributed by atoms with Gasteiger partial charge in [-0.25, -0.2) is 0 Å². The van der Waals surface area contributed by atoms with Crippen LogP contribution in [0.1, 0.15) is 37.7 Å². The van der Waals surface area contributed by atoms with Gasteiger partial charge in [0.2, 0.25) is 0 Å². The number of piperidine rings is 2. The number of benzene rings is 1. The first kappa shape index (κ1) is 17.2. The number of para-hydroxylation sites is 1. The van der Waals surface area contributed by atoms with E-state index in [-0.39, 0.29) is 5.97 Å². The molecule has 3 rings (SSSR count). The predicted octanol–water partition coefficient (Wildman–Crippen LogP) is 2.32. The highest BCUT2D eigenvalue weighted by Gasteiger charge is 2.43. The summed E-state index contributed by atoms with van der Waals surface area (Å²) in [5.41, 5.74) is 0.0169. The Bertz CT molecular complexity index is 590. The molecule has 5 nitrogen and oxygen atoms in total. The SMILES string of the molecule is COC(=O)CC1CCN2CCC(O)(c3ccccc3OC)CC2C1. The van der Waals surface area contributed by atoms with Gasteiger partial charge in [-0.2, -0.15) is 0 Å². The Balaban J connectivity index is 1.74. The minimum absolute atomic E-state index is 0.135. The summed E-state index contributed by atoms with van der Waals surface area (Å²) < 4.78 is 10.3. The number of hydrogen-bond acceptors (Lipinski definition) is 5. The number of esters is 1. The van der Waals surface area contributed by atoms with Crippen molar-refractivity contribution in [3.63, 3.8) is 0 Å². The third-order valence-corrected chi connectivity index (χ3v) is 5.62. The summed E-state index contributed by atoms with van der Waals surface area (Å²) in [5.74, 6) is 0.957. The van der Waals surface area contributed by atoms with Gasteiger partial charge < -0.3 is 19.5 Å². The Morgan fingerprint density at radius 2 is 2.12 bits per heavy atom. The predicted molar refractivity (Wildman–Crippen MR) is 90.8 cm³/mol. The molecule has 24 heavy (non-hydrogen) atoms. The fourth-order valence-electron chi connectivity index (χ4n) is 4.29. The third kappa shape index (κ3) is 3.42. The lowest BCUT2D eigenvalue weighted by atomic mass is 9.75. The Morgan fingerprint density at radius 1 is 1.33 bits per heavy atom. The van der Waals surface area contributed by atoms with Crippen molar-refractivity contribution in [1.29, 1.82) is 0 Å². The zero-order valence-corrected chi connectivity index (χ0v) is 14.5. The molecule has 3 atom stereocenters. The van der Waals surface area contributed by atoms with E-state index in [0.717, 1.165) is 37.2 Å². The molecule has 1 aromatic carbocycles. The minimum Gasteiger partial charge on any atom is -0.496 e. The number of ether oxygens (including phenoxy) is 2. The van der Waals surface area contributed by atoms with Gasteiger partial charge in [0, 0.05) is 24.6 Å². The molecule has 2 aliphatic rings. The summed E-state index contributed by atoms with van der Waals surface area (Å²) >= 11 is 0. The second-order valence-corrected chi connectivity index (χ2v) is 7.05. The standard InChI is InChI=1S/C19H27NO4/c1-23-17-6-4-3-5-16(17)19(22)8-10-20-9-7-14(11-15(20)13-19)12-18(21)24-2/h3-6,14-15,22H,7-13H2,1-2H3. The maximum atomic E-state index is 11.6. The summed E-state index contributed by atoms with van der Waals surface area (Å²) in [5, 5.41) is 11.3. The second kappa shape index (κ2) is 7.11. The van der Waals surface area contributed by atoms with E-state index in [2.05, 4.69) is 4.90 Å². The monoisotopic (exact) mass is 333 g/mol. The molecule has 0 spiro atoms. The van der Waals surface area contributed by atoms with Gasteiger partial charge in [0.25, 0.3) is 0 Å². The maximum Gasteiger partial charge on any atom is 0.305 e. The van der Waals surface area contributed by atoms with Crippen LogP contribution < -0.4 is 4.74 Å². The molecule has 5 heteroatoms. The van der Waals surface area contributed by atoms with E-state index in [9.17, 15) is 9.90 Å². The first-order chi connectivity index (χ1) is 11.6. The Morgan fingerprint density at radius 3 is 2.88 bits per heavy atom. The molecular weight excluding hydrogens is 306 g/mol. The number of fused-ring (bicyclic) bond motifs is 1. The summed E-state index contributed by atoms with van der Waals surface area (Å²) in [4.78, 5) is 14.0. The molecular formula is C19H27NO4. The quantitative estimate of drug-likeness (QED) is 0.857. The normalized spacial score (nSPS) is 30.5. The molecule has 0 aliphatic carbocycles. The Kier molecular flexibility index (Phi) is 5.11. The van der Waals surface area contributed by atoms with E-state index in [0.29, 0.717) is 31.2 Å². The number of hydrogen-bond donors (Lipinski definition) is 1. The van der Waals surface area contributed by atoms with Crippen molar-refractivity contribution in [2.45, 2.75) is 43.7 Å². The molecule has 2 aliphatic heterocycles. The van der Waals surface area contributed by atoms with Crippen molar-refractivity contribution in [2.75, 3.05) is 27.3 Å². The number of rotatable bonds is 4. The van der Waals surface area contributed by atoms with Crippen LogP contribution in [0.4, 0.5) is 0 Å². The molecule has 132 valence electrons. The third-order valence-electron chi connectivity index (χ3n) is 5.62. The van der Waals surface area contributed by atoms with Crippen LogP contribution >= 0.6 is 0 Å². The van der Waals surface area contributed by atoms with Crippen LogP contribution in [0.3, 0.4) is 0 Å². The number of nitrogens with zero attached hydrogens (tertiary/aromatic N) is 1. The number of carbonyl (C=O) groups is 1. The van der Waals surface area contributed by atoms with E-state index in [1.54, 1.807) is 7.11 Å². The topological polar surface area (TPSA) is 59.0 Å². The zero-order valence-electron chi connectivity index (χ0n) is 14.5. The number of carbonyl (C=O) groups excluding carboxylic acids is 1. The van der Waals surface area contributed by atoms with Crippen molar-refractivity contribution in [1.82, 2.24) is 4.90 Å². The van der Waals surface area contributed by atoms with Crippen molar-refractivity contribution in [2.24, 2.45) is 5.92 Å². The Labute approximate surface area is 143 Å². The number of methoxy groups -OCH3 is 2. The average Bonchev–Trinajstić information content (AvgIpc) is 2.61. The lowest BCUT2D eigenvalue weighted by Gasteiger charge is -2.48. The molecule has 3 unspecified atom stereocenters. The summed E-state index contributed by atoms with van der Waals surface area (Å²) in [6.45, 7) is 1.87. The van der Waals surface area contributed by atoms with Crippen LogP contribution in [0, 0.1) is 5.92 Å². The van der Waals surface area contributed by atoms with E-state index in [1.165, 1.54) is 7.11 Å². The highest BCUT2D eigenvalue weighted by atomic mass is 16.5. The molecule has 2 fully saturated rings. The lowest BCUT2D eigenvalue weighted by molar-refractivity contribution is -0.142. The van der Waals surface area contributed by atoms with Crippen LogP contribution in [-0.2, 0) is 15.1 Å². The second-order valence-electron chi connectivity index (χ2n) is 7.05. The van der Waals surface area contributed by atoms with Gasteiger partial charge in [0.05, 0.1) is 19.8 Å². The van der Waals surface area contributed by atoms with Gasteiger partial charge in [-0.15, -0.1) is 0 Å². The minimum atomic E-state index is -0.860. The van der Waals surface area contributed by atoms with Gasteiger partial charge in [0.15, 0.2) is 0 Å². The molecule has 2 heterocycles. The molecule has 0 aromatic heterocycles. The maximum absolute atomic E-state index is 11.6. The largest absolute Gasteiger partial charge is 0.496 e. The van der Waals surface area contributed by atoms with Crippen molar-refractivity contribution < 1.29 is 19.4 Å². The fourth-order valence-corrected chi connectivity index (χ4v) is 4.29. The molecule has 0 bridgehead atoms. The van der Waals surface area contributed by atoms with Crippen LogP contribution in [-0.4, -0.2) is 49.3 Å². The van der Waals surface area contributed by atoms with E-state index in [4.69, 9.17) is 9.47 Å². The highest BCUT2D eigenvalue weighted by molar-refractivity contribution is 5.69. The lowest BCUT2D eigenvalue weighted by Crippen LogP contribution is -2.52. The molecule has 1 N–H and O–H groups in total. The first-order valence-electron chi connectivity index (χ1n) is 8.72. The van der Waals surface area contributed by atoms with E-state index >= 15 is 0 Å². The van der Waals surface area contributed by atoms with Crippen LogP contribution in [0.2, 0.25) is 0 Å². The zero-order chi connectivity index (χ0) is 17.2. The molecule has 0 radical (unpaired) electrons. The van der Waals surface area contributed by atoms with Crippen molar-refractivity contribution in [3.05, 3.63) is 29.8 Å². The molecule has 0 amide bonds. The van der Waals surface area contributed by atoms with E-state index < -0.39 is 5.60 Å². The van der Waals surface area contributed by atoms with Gasteiger partial charge in [-0.3, -0.25) is 4.79 Å². The molecule has 0 saturated carbocycles. The van der Waals surface area contributed by atoms with Gasteiger partial charge in [0.1, 0.15) is 5.75 Å².